The minimum atomic E-state index is -0.377. The third-order valence-electron chi connectivity index (χ3n) is 24.8. The molecule has 0 spiro atoms. The fourth-order valence-electron chi connectivity index (χ4n) is 18.1. The van der Waals surface area contributed by atoms with Gasteiger partial charge >= 0.3 is 12.1 Å². The lowest BCUT2D eigenvalue weighted by Gasteiger charge is -2.36. The molecule has 4 N–H and O–H groups in total. The van der Waals surface area contributed by atoms with Crippen molar-refractivity contribution in [2.75, 3.05) is 50.9 Å². The van der Waals surface area contributed by atoms with E-state index in [1.807, 2.05) is 72.8 Å². The van der Waals surface area contributed by atoms with Crippen molar-refractivity contribution < 1.29 is 47.5 Å². The normalized spacial score (nSPS) is 15.1. The number of rotatable bonds is 40. The Balaban J connectivity index is 1.10. The van der Waals surface area contributed by atoms with E-state index >= 15 is 0 Å². The predicted octanol–water partition coefficient (Wildman–Crippen LogP) is 26.2. The summed E-state index contributed by atoms with van der Waals surface area (Å²) in [6, 6.07) is 32.4. The van der Waals surface area contributed by atoms with Crippen molar-refractivity contribution in [1.29, 1.82) is 0 Å². The lowest BCUT2D eigenvalue weighted by Crippen LogP contribution is -2.29. The number of hydrogen-bond acceptors (Lipinski definition) is 12. The van der Waals surface area contributed by atoms with Gasteiger partial charge in [0.25, 0.3) is 0 Å². The number of unbranched alkanes of at least 4 members (excludes halogenated alkanes) is 26. The van der Waals surface area contributed by atoms with E-state index in [4.69, 9.17) is 37.9 Å². The number of pyridine rings is 2. The monoisotopic (exact) mass is 1670 g/mol. The van der Waals surface area contributed by atoms with E-state index in [1.54, 1.807) is 24.8 Å². The molecule has 1 aliphatic carbocycles. The fourth-order valence-corrected chi connectivity index (χ4v) is 18.1. The van der Waals surface area contributed by atoms with Crippen LogP contribution in [0.1, 0.15) is 385 Å². The maximum atomic E-state index is 13.4. The fraction of sp³-hybridized carbons (Fsp3) is 0.481. The highest BCUT2D eigenvalue weighted by Crippen LogP contribution is 2.59. The van der Waals surface area contributed by atoms with Crippen LogP contribution in [0.25, 0.3) is 0 Å². The van der Waals surface area contributed by atoms with E-state index in [2.05, 4.69) is 144 Å². The summed E-state index contributed by atoms with van der Waals surface area (Å²) in [6.07, 6.45) is 44.5. The van der Waals surface area contributed by atoms with Gasteiger partial charge in [0.2, 0.25) is 27.2 Å². The van der Waals surface area contributed by atoms with Crippen LogP contribution in [0, 0.1) is 47.4 Å². The number of amides is 4. The number of urea groups is 2. The molecule has 4 aliphatic heterocycles. The van der Waals surface area contributed by atoms with Crippen molar-refractivity contribution in [3.63, 3.8) is 0 Å². The van der Waals surface area contributed by atoms with Crippen LogP contribution in [-0.2, 0) is 0 Å². The summed E-state index contributed by atoms with van der Waals surface area (Å²) in [5.74, 6) is 32.7. The Hall–Kier alpha value is -11.2. The lowest BCUT2D eigenvalue weighted by atomic mass is 9.74. The molecule has 124 heavy (non-hydrogen) atoms. The summed E-state index contributed by atoms with van der Waals surface area (Å²) in [5, 5.41) is 12.3. The van der Waals surface area contributed by atoms with Crippen LogP contribution in [-0.4, -0.2) is 62.3 Å². The van der Waals surface area contributed by atoms with E-state index in [-0.39, 0.29) is 62.9 Å². The molecule has 2 aromatic heterocycles. The van der Waals surface area contributed by atoms with Gasteiger partial charge in [-0.3, -0.25) is 9.97 Å². The molecule has 0 fully saturated rings. The quantitative estimate of drug-likeness (QED) is 0.0211. The summed E-state index contributed by atoms with van der Waals surface area (Å²) in [6.45, 7) is 13.9. The number of hydrogen-bond donors (Lipinski definition) is 4. The Morgan fingerprint density at radius 3 is 0.718 bits per heavy atom. The molecule has 6 heterocycles. The molecule has 5 aliphatic rings. The average molecular weight is 1670 g/mol. The Kier molecular flexibility index (Phi) is 35.2. The molecule has 16 nitrogen and oxygen atoms in total. The van der Waals surface area contributed by atoms with E-state index in [1.165, 1.54) is 51.4 Å². The van der Waals surface area contributed by atoms with E-state index in [0.29, 0.717) is 92.7 Å². The highest BCUT2D eigenvalue weighted by molar-refractivity contribution is 5.90. The van der Waals surface area contributed by atoms with Gasteiger partial charge < -0.3 is 59.2 Å². The lowest BCUT2D eigenvalue weighted by molar-refractivity contribution is 0.0972. The third-order valence-corrected chi connectivity index (χ3v) is 24.8. The first-order valence-corrected chi connectivity index (χ1v) is 47.2. The minimum absolute atomic E-state index is 0.214. The van der Waals surface area contributed by atoms with Gasteiger partial charge in [0, 0.05) is 140 Å². The van der Waals surface area contributed by atoms with Crippen LogP contribution in [0.4, 0.5) is 21.0 Å². The molecular formula is C108H130N6O10. The summed E-state index contributed by atoms with van der Waals surface area (Å²) < 4.78 is 59.1. The minimum Gasteiger partial charge on any atom is -0.456 e. The van der Waals surface area contributed by atoms with Gasteiger partial charge in [-0.05, 0) is 136 Å². The molecule has 6 aromatic carbocycles. The standard InChI is InChI=1S/C108H130N6O10/c1-7-13-19-25-31-37-63-111-107(115)113-81-51-43-77(44-52-81)47-55-87-99-91-69-92-84(40-34-28-22-16-10-4)96-72-98-86(42-36-30-24-18-12-6)94-70-93-85(41-35-29-23-17-11-5)97-71-95(83(91)39-33-27-21-15-9-3)103(121-73-117-99)89(57-49-79-59-65-109-66-60-79)105(97)123-75-119-101(93)88(56-48-78-45-53-82(54-46-78)114-108(116)112-64-38-32-26-20-14-8-2)102(94)120-76-124-106(98)90(104(96)122-74-118-100(87)92)58-50-80-61-67-110-68-62-80/h43-46,51-54,59-62,65-72,83-86H,7-42,63-64,73-76H2,1-6H3,(H2,111,113,115)(H2,112,114,116). The number of nitrogens with one attached hydrogen (secondary N) is 4. The highest BCUT2D eigenvalue weighted by atomic mass is 16.7. The zero-order chi connectivity index (χ0) is 85.9. The summed E-state index contributed by atoms with van der Waals surface area (Å²) in [5.41, 5.74) is 14.5. The highest BCUT2D eigenvalue weighted by Gasteiger charge is 2.42. The largest absolute Gasteiger partial charge is 0.456 e. The predicted molar refractivity (Wildman–Crippen MR) is 497 cm³/mol. The van der Waals surface area contributed by atoms with Gasteiger partial charge in [-0.1, -0.05) is 282 Å². The number of aromatic nitrogens is 2. The second-order valence-electron chi connectivity index (χ2n) is 33.9. The van der Waals surface area contributed by atoms with Crippen LogP contribution < -0.4 is 59.2 Å². The van der Waals surface area contributed by atoms with Crippen molar-refractivity contribution in [1.82, 2.24) is 20.6 Å². The Labute approximate surface area is 738 Å². The summed E-state index contributed by atoms with van der Waals surface area (Å²) in [7, 11) is 0. The molecule has 13 rings (SSSR count). The number of ether oxygens (including phenoxy) is 8. The Bertz CT molecular complexity index is 4630. The van der Waals surface area contributed by atoms with Gasteiger partial charge in [-0.25, -0.2) is 9.59 Å². The van der Waals surface area contributed by atoms with Crippen molar-refractivity contribution in [3.05, 3.63) is 211 Å². The van der Waals surface area contributed by atoms with Crippen molar-refractivity contribution >= 4 is 23.4 Å². The maximum Gasteiger partial charge on any atom is 0.319 e. The molecule has 4 amide bonds. The van der Waals surface area contributed by atoms with Crippen molar-refractivity contribution in [2.45, 2.75) is 296 Å². The van der Waals surface area contributed by atoms with E-state index in [0.717, 1.165) is 247 Å². The number of benzene rings is 6. The summed E-state index contributed by atoms with van der Waals surface area (Å²) in [4.78, 5) is 35.6. The van der Waals surface area contributed by atoms with Crippen molar-refractivity contribution in [3.8, 4) is 93.4 Å². The maximum absolute atomic E-state index is 13.4. The molecule has 0 saturated carbocycles. The van der Waals surface area contributed by atoms with Gasteiger partial charge in [0.1, 0.15) is 68.2 Å². The average Bonchev–Trinajstić information content (AvgIpc) is 0.719. The van der Waals surface area contributed by atoms with Crippen LogP contribution in [0.2, 0.25) is 0 Å². The molecule has 8 aromatic rings. The van der Waals surface area contributed by atoms with Gasteiger partial charge in [-0.15, -0.1) is 0 Å². The van der Waals surface area contributed by atoms with Crippen LogP contribution in [0.15, 0.2) is 122 Å². The summed E-state index contributed by atoms with van der Waals surface area (Å²) >= 11 is 0. The second kappa shape index (κ2) is 48.2. The molecular weight excluding hydrogens is 1540 g/mol. The molecule has 4 unspecified atom stereocenters. The Morgan fingerprint density at radius 1 is 0.274 bits per heavy atom. The zero-order valence-corrected chi connectivity index (χ0v) is 74.5. The first-order valence-electron chi connectivity index (χ1n) is 47.2. The molecule has 652 valence electrons. The van der Waals surface area contributed by atoms with E-state index in [9.17, 15) is 9.59 Å². The first-order chi connectivity index (χ1) is 61.2. The van der Waals surface area contributed by atoms with E-state index < -0.39 is 0 Å². The van der Waals surface area contributed by atoms with Crippen LogP contribution >= 0.6 is 0 Å². The number of carbonyl (C=O) groups is 2. The molecule has 0 radical (unpaired) electrons. The smallest absolute Gasteiger partial charge is 0.319 e. The zero-order valence-electron chi connectivity index (χ0n) is 74.5. The van der Waals surface area contributed by atoms with Gasteiger partial charge in [0.05, 0.1) is 0 Å². The van der Waals surface area contributed by atoms with Crippen LogP contribution in [0.3, 0.4) is 0 Å². The molecule has 4 atom stereocenters. The third kappa shape index (κ3) is 24.2. The second-order valence-corrected chi connectivity index (χ2v) is 33.9. The molecule has 16 heteroatoms. The molecule has 0 saturated heterocycles. The molecule has 8 bridgehead atoms. The number of nitrogens with zero attached hydrogens (tertiary/aromatic N) is 2. The topological polar surface area (TPSA) is 182 Å². The van der Waals surface area contributed by atoms with Gasteiger partial charge in [0.15, 0.2) is 0 Å². The first kappa shape index (κ1) is 90.5. The van der Waals surface area contributed by atoms with Crippen LogP contribution in [0.5, 0.6) is 46.0 Å². The van der Waals surface area contributed by atoms with Gasteiger partial charge in [-0.2, -0.15) is 0 Å². The SMILES string of the molecule is CCCCCCCCNC(=O)Nc1ccc(C#Cc2c3c4cc5c2OCOc2c(cc6c(c2C#Cc2ccncc2)OCOc2c(cc7c(c2C#Cc2ccc(NC(=O)NCCCCCCCC)cc2)OCOc2c(cc(c(c2C#Cc2ccncc2)OCO3)C4CCCCCCC)C7CCCCCCC)C6CCCCCCC)C5CCCCCCC)cc1. The number of carbonyl (C=O) groups excluding carboxylic acids is 2. The number of anilines is 2. The van der Waals surface area contributed by atoms with Crippen molar-refractivity contribution in [2.24, 2.45) is 0 Å². The Morgan fingerprint density at radius 2 is 0.484 bits per heavy atom.